The largest absolute Gasteiger partial charge is 0.354 e. The molecule has 2 saturated heterocycles. The lowest BCUT2D eigenvalue weighted by Crippen LogP contribution is -2.52. The van der Waals surface area contributed by atoms with Gasteiger partial charge in [-0.15, -0.1) is 0 Å². The lowest BCUT2D eigenvalue weighted by molar-refractivity contribution is -0.136. The first kappa shape index (κ1) is 33.5. The molecule has 2 aromatic heterocycles. The fourth-order valence-electron chi connectivity index (χ4n) is 6.49. The van der Waals surface area contributed by atoms with Gasteiger partial charge in [-0.1, -0.05) is 41.1 Å². The summed E-state index contributed by atoms with van der Waals surface area (Å²) in [5.74, 6) is -0.452. The monoisotopic (exact) mass is 717 g/mol. The molecule has 4 amide bonds. The van der Waals surface area contributed by atoms with E-state index < -0.39 is 23.7 Å². The first-order chi connectivity index (χ1) is 24.0. The third-order valence-electron chi connectivity index (χ3n) is 8.99. The summed E-state index contributed by atoms with van der Waals surface area (Å²) in [7, 11) is 0. The number of aryl methyl sites for hydroxylation is 2. The Labute approximate surface area is 295 Å². The number of aromatic nitrogens is 3. The average molecular weight is 718 g/mol. The molecule has 4 aromatic rings. The van der Waals surface area contributed by atoms with Gasteiger partial charge in [0.2, 0.25) is 11.8 Å². The Morgan fingerprint density at radius 1 is 1.10 bits per heavy atom. The quantitative estimate of drug-likeness (QED) is 0.223. The molecule has 2 fully saturated rings. The van der Waals surface area contributed by atoms with E-state index in [-0.39, 0.29) is 36.8 Å². The van der Waals surface area contributed by atoms with Gasteiger partial charge in [0.05, 0.1) is 22.5 Å². The Bertz CT molecular complexity index is 2010. The Hall–Kier alpha value is -4.99. The Balaban J connectivity index is 0.960. The van der Waals surface area contributed by atoms with Crippen molar-refractivity contribution in [2.24, 2.45) is 0 Å². The van der Waals surface area contributed by atoms with Crippen molar-refractivity contribution in [2.45, 2.75) is 45.8 Å². The highest BCUT2D eigenvalue weighted by molar-refractivity contribution is 7.17. The van der Waals surface area contributed by atoms with Gasteiger partial charge < -0.3 is 20.4 Å². The number of hydrogen-bond donors (Lipinski definition) is 3. The molecule has 3 N–H and O–H groups in total. The van der Waals surface area contributed by atoms with E-state index in [4.69, 9.17) is 11.6 Å². The number of piperidine rings is 1. The third kappa shape index (κ3) is 6.88. The second kappa shape index (κ2) is 13.7. The zero-order valence-electron chi connectivity index (χ0n) is 27.3. The lowest BCUT2D eigenvalue weighted by atomic mass is 10.0. The second-order valence-corrected chi connectivity index (χ2v) is 13.9. The molecule has 16 heteroatoms. The van der Waals surface area contributed by atoms with Crippen LogP contribution in [-0.4, -0.2) is 80.6 Å². The molecule has 3 aliphatic heterocycles. The van der Waals surface area contributed by atoms with Crippen molar-refractivity contribution in [1.82, 2.24) is 30.1 Å². The van der Waals surface area contributed by atoms with Crippen molar-refractivity contribution >= 4 is 69.0 Å². The number of halogens is 2. The van der Waals surface area contributed by atoms with Crippen LogP contribution in [0.3, 0.4) is 0 Å². The standard InChI is InChI=1S/C34H33ClFN9O4S/c1-18-4-3-5-22(35)30(18)42-32(48)25-15-37-34(50-25)40-26-14-27(39-19(2)38-26)44-10-8-43(9-11-44)16-20-12-21-17-45(33(49)29(21)23(36)13-20)24-6-7-28(46)41-31(24)47/h3-5,12-15,24H,6-11,16-17H2,1-2H3,(H,42,48)(H,41,46,47)(H,37,38,39,40). The highest BCUT2D eigenvalue weighted by atomic mass is 35.5. The topological polar surface area (TPSA) is 153 Å². The number of anilines is 4. The fraction of sp³-hybridized carbons (Fsp3) is 0.324. The van der Waals surface area contributed by atoms with Crippen molar-refractivity contribution in [1.29, 1.82) is 0 Å². The van der Waals surface area contributed by atoms with E-state index >= 15 is 4.39 Å². The SMILES string of the molecule is Cc1nc(Nc2ncc(C(=O)Nc3c(C)cccc3Cl)s2)cc(N2CCN(Cc3cc(F)c4c(c3)CN(C3CCC(=O)NC3=O)C4=O)CC2)n1. The maximum absolute atomic E-state index is 15.3. The number of fused-ring (bicyclic) bond motifs is 1. The van der Waals surface area contributed by atoms with Crippen LogP contribution in [0, 0.1) is 19.7 Å². The van der Waals surface area contributed by atoms with Crippen LogP contribution in [0.15, 0.2) is 42.6 Å². The van der Waals surface area contributed by atoms with E-state index in [9.17, 15) is 19.2 Å². The van der Waals surface area contributed by atoms with Gasteiger partial charge >= 0.3 is 0 Å². The number of nitrogens with zero attached hydrogens (tertiary/aromatic N) is 6. The summed E-state index contributed by atoms with van der Waals surface area (Å²) in [5.41, 5.74) is 2.71. The molecule has 5 heterocycles. The molecule has 0 spiro atoms. The van der Waals surface area contributed by atoms with E-state index in [0.717, 1.165) is 16.9 Å². The number of imide groups is 1. The lowest BCUT2D eigenvalue weighted by Gasteiger charge is -2.35. The number of carbonyl (C=O) groups excluding carboxylic acids is 4. The van der Waals surface area contributed by atoms with E-state index in [1.807, 2.05) is 38.1 Å². The molecule has 1 unspecified atom stereocenters. The molecular weight excluding hydrogens is 685 g/mol. The normalized spacial score (nSPS) is 17.9. The maximum atomic E-state index is 15.3. The van der Waals surface area contributed by atoms with E-state index in [0.29, 0.717) is 70.6 Å². The van der Waals surface area contributed by atoms with Crippen LogP contribution in [0.1, 0.15) is 55.4 Å². The molecular formula is C34H33ClFN9O4S. The van der Waals surface area contributed by atoms with Gasteiger partial charge in [-0.25, -0.2) is 19.3 Å². The van der Waals surface area contributed by atoms with Gasteiger partial charge in [0.15, 0.2) is 5.13 Å². The number of rotatable bonds is 8. The fourth-order valence-corrected chi connectivity index (χ4v) is 7.48. The molecule has 3 aliphatic rings. The summed E-state index contributed by atoms with van der Waals surface area (Å²) >= 11 is 7.47. The van der Waals surface area contributed by atoms with Gasteiger partial charge in [-0.05, 0) is 49.1 Å². The van der Waals surface area contributed by atoms with E-state index in [1.54, 1.807) is 6.07 Å². The maximum Gasteiger partial charge on any atom is 0.267 e. The molecule has 7 rings (SSSR count). The zero-order valence-corrected chi connectivity index (χ0v) is 28.8. The van der Waals surface area contributed by atoms with Gasteiger partial charge in [0, 0.05) is 51.8 Å². The third-order valence-corrected chi connectivity index (χ3v) is 10.2. The smallest absolute Gasteiger partial charge is 0.267 e. The predicted molar refractivity (Wildman–Crippen MR) is 186 cm³/mol. The van der Waals surface area contributed by atoms with Crippen LogP contribution in [-0.2, 0) is 22.7 Å². The van der Waals surface area contributed by atoms with Gasteiger partial charge in [-0.2, -0.15) is 0 Å². The first-order valence-corrected chi connectivity index (χ1v) is 17.3. The van der Waals surface area contributed by atoms with Crippen molar-refractivity contribution in [2.75, 3.05) is 41.7 Å². The highest BCUT2D eigenvalue weighted by Gasteiger charge is 2.40. The van der Waals surface area contributed by atoms with Crippen LogP contribution in [0.2, 0.25) is 5.02 Å². The molecule has 0 saturated carbocycles. The number of piperazine rings is 1. The average Bonchev–Trinajstić information content (AvgIpc) is 3.67. The number of hydrogen-bond acceptors (Lipinski definition) is 11. The van der Waals surface area contributed by atoms with E-state index in [1.165, 1.54) is 28.5 Å². The van der Waals surface area contributed by atoms with Crippen molar-refractivity contribution in [3.8, 4) is 0 Å². The minimum atomic E-state index is -0.792. The zero-order chi connectivity index (χ0) is 35.1. The summed E-state index contributed by atoms with van der Waals surface area (Å²) in [6.07, 6.45) is 1.87. The molecule has 258 valence electrons. The Morgan fingerprint density at radius 2 is 1.90 bits per heavy atom. The molecule has 50 heavy (non-hydrogen) atoms. The van der Waals surface area contributed by atoms with Crippen molar-refractivity contribution in [3.05, 3.63) is 86.4 Å². The number of amides is 4. The van der Waals surface area contributed by atoms with E-state index in [2.05, 4.69) is 40.7 Å². The van der Waals surface area contributed by atoms with Crippen LogP contribution >= 0.6 is 22.9 Å². The minimum Gasteiger partial charge on any atom is -0.354 e. The minimum absolute atomic E-state index is 0.00349. The molecule has 0 bridgehead atoms. The predicted octanol–water partition coefficient (Wildman–Crippen LogP) is 4.42. The summed E-state index contributed by atoms with van der Waals surface area (Å²) in [6.45, 7) is 7.05. The van der Waals surface area contributed by atoms with Crippen LogP contribution in [0.25, 0.3) is 0 Å². The Kier molecular flexibility index (Phi) is 9.20. The number of carbonyl (C=O) groups is 4. The number of benzene rings is 2. The number of nitrogens with one attached hydrogen (secondary N) is 3. The molecule has 0 radical (unpaired) electrons. The van der Waals surface area contributed by atoms with Gasteiger partial charge in [0.1, 0.15) is 34.2 Å². The number of thiazole rings is 1. The summed E-state index contributed by atoms with van der Waals surface area (Å²) < 4.78 is 15.3. The Morgan fingerprint density at radius 3 is 2.66 bits per heavy atom. The van der Waals surface area contributed by atoms with Crippen LogP contribution in [0.5, 0.6) is 0 Å². The highest BCUT2D eigenvalue weighted by Crippen LogP contribution is 2.32. The number of para-hydroxylation sites is 1. The summed E-state index contributed by atoms with van der Waals surface area (Å²) in [4.78, 5) is 69.6. The molecule has 1 atom stereocenters. The van der Waals surface area contributed by atoms with Crippen molar-refractivity contribution in [3.63, 3.8) is 0 Å². The van der Waals surface area contributed by atoms with Crippen LogP contribution < -0.4 is 20.9 Å². The van der Waals surface area contributed by atoms with Gasteiger partial charge in [-0.3, -0.25) is 29.4 Å². The first-order valence-electron chi connectivity index (χ1n) is 16.1. The second-order valence-electron chi connectivity index (χ2n) is 12.5. The van der Waals surface area contributed by atoms with Gasteiger partial charge in [0.25, 0.3) is 11.8 Å². The molecule has 13 nitrogen and oxygen atoms in total. The summed E-state index contributed by atoms with van der Waals surface area (Å²) in [6, 6.07) is 9.71. The van der Waals surface area contributed by atoms with Crippen LogP contribution in [0.4, 0.5) is 26.8 Å². The van der Waals surface area contributed by atoms with Crippen molar-refractivity contribution < 1.29 is 23.6 Å². The molecule has 2 aromatic carbocycles. The molecule has 0 aliphatic carbocycles. The summed E-state index contributed by atoms with van der Waals surface area (Å²) in [5, 5.41) is 9.30.